The molecule has 3 aliphatic heterocycles. The molecule has 0 bridgehead atoms. The summed E-state index contributed by atoms with van der Waals surface area (Å²) in [5.41, 5.74) is 2.87. The number of anilines is 1. The van der Waals surface area contributed by atoms with E-state index in [2.05, 4.69) is 43.0 Å². The lowest BCUT2D eigenvalue weighted by atomic mass is 9.89. The molecule has 1 aromatic heterocycles. The predicted molar refractivity (Wildman–Crippen MR) is 193 cm³/mol. The number of aromatic nitrogens is 3. The maximum Gasteiger partial charge on any atom is 0.453 e. The molecule has 3 aromatic rings. The first-order valence-electron chi connectivity index (χ1n) is 18.5. The van der Waals surface area contributed by atoms with Gasteiger partial charge in [0.15, 0.2) is 5.82 Å². The number of halogens is 3. The van der Waals surface area contributed by atoms with E-state index >= 15 is 0 Å². The lowest BCUT2D eigenvalue weighted by Gasteiger charge is -2.35. The van der Waals surface area contributed by atoms with E-state index in [9.17, 15) is 32.3 Å². The molecule has 54 heavy (non-hydrogen) atoms. The average molecular weight is 751 g/mol. The summed E-state index contributed by atoms with van der Waals surface area (Å²) in [7, 11) is 1.49. The molecule has 2 aromatic carbocycles. The Morgan fingerprint density at radius 3 is 2.50 bits per heavy atom. The smallest absolute Gasteiger partial charge is 0.453 e. The van der Waals surface area contributed by atoms with Gasteiger partial charge in [-0.25, -0.2) is 0 Å². The Bertz CT molecular complexity index is 1850. The molecule has 0 saturated carbocycles. The van der Waals surface area contributed by atoms with E-state index in [1.807, 2.05) is 12.1 Å². The number of carbonyl (C=O) groups excluding carboxylic acids is 4. The molecule has 0 radical (unpaired) electrons. The summed E-state index contributed by atoms with van der Waals surface area (Å²) in [4.78, 5) is 52.9. The Hall–Kier alpha value is -5.28. The van der Waals surface area contributed by atoms with Crippen molar-refractivity contribution < 1.29 is 37.1 Å². The molecule has 1 fully saturated rings. The topological polar surface area (TPSA) is 151 Å². The Labute approximate surface area is 311 Å². The fourth-order valence-corrected chi connectivity index (χ4v) is 7.36. The zero-order chi connectivity index (χ0) is 38.2. The number of benzene rings is 2. The van der Waals surface area contributed by atoms with Crippen molar-refractivity contribution in [3.63, 3.8) is 0 Å². The zero-order valence-corrected chi connectivity index (χ0v) is 30.2. The summed E-state index contributed by atoms with van der Waals surface area (Å²) < 4.78 is 46.7. The number of rotatable bonds is 15. The molecule has 6 rings (SSSR count). The highest BCUT2D eigenvalue weighted by Gasteiger charge is 2.40. The number of amidine groups is 1. The number of fused-ring (bicyclic) bond motifs is 2. The van der Waals surface area contributed by atoms with Gasteiger partial charge in [-0.15, -0.1) is 10.2 Å². The van der Waals surface area contributed by atoms with E-state index in [4.69, 9.17) is 4.74 Å². The van der Waals surface area contributed by atoms with Crippen LogP contribution < -0.4 is 15.4 Å². The first-order chi connectivity index (χ1) is 26.1. The SMILES string of the molecule is CNC(=O)C(CCC=O)N1Cc2c(NC(=O)CCCCCCOc3ccc(C4CCN(C5=Nn6c(nnc6C(F)(F)F)CC5)CC4)cc3)cccc2C1=O. The maximum atomic E-state index is 13.3. The molecule has 13 nitrogen and oxygen atoms in total. The second-order valence-corrected chi connectivity index (χ2v) is 13.8. The van der Waals surface area contributed by atoms with Crippen LogP contribution >= 0.6 is 0 Å². The summed E-state index contributed by atoms with van der Waals surface area (Å²) in [5, 5.41) is 16.7. The molecule has 1 unspecified atom stereocenters. The molecule has 4 heterocycles. The first kappa shape index (κ1) is 38.4. The molecule has 1 saturated heterocycles. The van der Waals surface area contributed by atoms with Gasteiger partial charge in [-0.3, -0.25) is 14.4 Å². The first-order valence-corrected chi connectivity index (χ1v) is 18.5. The minimum atomic E-state index is -4.61. The fraction of sp³-hybridized carbons (Fsp3) is 0.500. The van der Waals surface area contributed by atoms with Crippen molar-refractivity contribution in [2.75, 3.05) is 32.1 Å². The van der Waals surface area contributed by atoms with Gasteiger partial charge in [0.1, 0.15) is 23.9 Å². The highest BCUT2D eigenvalue weighted by atomic mass is 19.4. The van der Waals surface area contributed by atoms with Crippen molar-refractivity contribution in [2.45, 2.75) is 95.3 Å². The third-order valence-electron chi connectivity index (χ3n) is 10.3. The van der Waals surface area contributed by atoms with Gasteiger partial charge in [0.2, 0.25) is 11.8 Å². The number of aryl methyl sites for hydroxylation is 1. The molecule has 0 aliphatic carbocycles. The molecular weight excluding hydrogens is 705 g/mol. The molecule has 16 heteroatoms. The number of likely N-dealkylation sites (N-methyl/N-ethyl adjacent to an activating group) is 1. The Morgan fingerprint density at radius 2 is 1.78 bits per heavy atom. The molecule has 0 spiro atoms. The Balaban J connectivity index is 0.878. The van der Waals surface area contributed by atoms with Gasteiger partial charge in [0.05, 0.1) is 6.61 Å². The van der Waals surface area contributed by atoms with Crippen LogP contribution in [-0.4, -0.2) is 87.3 Å². The predicted octanol–water partition coefficient (Wildman–Crippen LogP) is 5.30. The third-order valence-corrected chi connectivity index (χ3v) is 10.3. The summed E-state index contributed by atoms with van der Waals surface area (Å²) in [6.07, 6.45) is 2.77. The van der Waals surface area contributed by atoms with Crippen LogP contribution in [0.3, 0.4) is 0 Å². The highest BCUT2D eigenvalue weighted by Crippen LogP contribution is 2.34. The molecule has 3 aliphatic rings. The summed E-state index contributed by atoms with van der Waals surface area (Å²) in [6, 6.07) is 12.5. The number of carbonyl (C=O) groups is 4. The number of ether oxygens (including phenoxy) is 1. The highest BCUT2D eigenvalue weighted by molar-refractivity contribution is 6.04. The zero-order valence-electron chi connectivity index (χ0n) is 30.2. The second-order valence-electron chi connectivity index (χ2n) is 13.8. The van der Waals surface area contributed by atoms with E-state index in [1.54, 1.807) is 18.2 Å². The quantitative estimate of drug-likeness (QED) is 0.157. The number of alkyl halides is 3. The van der Waals surface area contributed by atoms with E-state index in [1.165, 1.54) is 17.5 Å². The molecule has 288 valence electrons. The van der Waals surface area contributed by atoms with Crippen LogP contribution in [-0.2, 0) is 33.5 Å². The van der Waals surface area contributed by atoms with Crippen LogP contribution in [0.1, 0.15) is 103 Å². The van der Waals surface area contributed by atoms with Crippen LogP contribution in [0.4, 0.5) is 18.9 Å². The minimum absolute atomic E-state index is 0.145. The number of amides is 3. The number of nitrogens with zero attached hydrogens (tertiary/aromatic N) is 6. The second kappa shape index (κ2) is 17.2. The Kier molecular flexibility index (Phi) is 12.3. The van der Waals surface area contributed by atoms with Gasteiger partial charge < -0.3 is 30.0 Å². The third kappa shape index (κ3) is 8.91. The number of unbranched alkanes of at least 4 members (excludes halogenated alkanes) is 3. The van der Waals surface area contributed by atoms with Gasteiger partial charge in [-0.2, -0.15) is 22.9 Å². The maximum absolute atomic E-state index is 13.3. The van der Waals surface area contributed by atoms with Gasteiger partial charge in [0.25, 0.3) is 11.7 Å². The van der Waals surface area contributed by atoms with Crippen LogP contribution in [0, 0.1) is 0 Å². The van der Waals surface area contributed by atoms with Crippen LogP contribution in [0.5, 0.6) is 5.75 Å². The number of aldehydes is 1. The van der Waals surface area contributed by atoms with Crippen molar-refractivity contribution in [3.8, 4) is 5.75 Å². The van der Waals surface area contributed by atoms with Crippen molar-refractivity contribution >= 4 is 35.5 Å². The van der Waals surface area contributed by atoms with Crippen molar-refractivity contribution in [1.29, 1.82) is 0 Å². The molecule has 1 atom stereocenters. The van der Waals surface area contributed by atoms with Crippen LogP contribution in [0.2, 0.25) is 0 Å². The number of likely N-dealkylation sites (tertiary alicyclic amines) is 1. The standard InChI is InChI=1S/C38H45F3N8O5/c1-42-35(52)31(10-7-22-50)48-24-29-28(36(48)53)8-6-9-30(29)43-34(51)11-4-2-3-5-23-54-27-14-12-25(13-15-27)26-18-20-47(21-19-26)33-17-16-32-44-45-37(38(39,40)41)49(32)46-33/h6,8-9,12-15,22,26,31H,2-5,7,10-11,16-21,23-24H2,1H3,(H,42,52)(H,43,51). The van der Waals surface area contributed by atoms with E-state index in [0.717, 1.165) is 48.8 Å². The molecule has 2 N–H and O–H groups in total. The molecular formula is C38H45F3N8O5. The average Bonchev–Trinajstić information content (AvgIpc) is 3.76. The lowest BCUT2D eigenvalue weighted by Crippen LogP contribution is -2.46. The van der Waals surface area contributed by atoms with E-state index < -0.39 is 18.0 Å². The van der Waals surface area contributed by atoms with Crippen LogP contribution in [0.15, 0.2) is 47.6 Å². The number of hydrogen-bond donors (Lipinski definition) is 2. The number of hydrogen-bond acceptors (Lipinski definition) is 9. The fourth-order valence-electron chi connectivity index (χ4n) is 7.36. The van der Waals surface area contributed by atoms with Gasteiger partial charge >= 0.3 is 6.18 Å². The van der Waals surface area contributed by atoms with Gasteiger partial charge in [0, 0.05) is 69.2 Å². The van der Waals surface area contributed by atoms with E-state index in [-0.39, 0.29) is 42.9 Å². The van der Waals surface area contributed by atoms with Crippen LogP contribution in [0.25, 0.3) is 0 Å². The monoisotopic (exact) mass is 750 g/mol. The molecule has 3 amide bonds. The van der Waals surface area contributed by atoms with Gasteiger partial charge in [-0.1, -0.05) is 31.0 Å². The van der Waals surface area contributed by atoms with Crippen molar-refractivity contribution in [3.05, 3.63) is 70.8 Å². The largest absolute Gasteiger partial charge is 0.494 e. The minimum Gasteiger partial charge on any atom is -0.494 e. The number of piperidine rings is 1. The normalized spacial score (nSPS) is 16.4. The summed E-state index contributed by atoms with van der Waals surface area (Å²) >= 11 is 0. The van der Waals surface area contributed by atoms with Gasteiger partial charge in [-0.05, 0) is 67.9 Å². The van der Waals surface area contributed by atoms with Crippen molar-refractivity contribution in [1.82, 2.24) is 30.0 Å². The number of nitrogens with one attached hydrogen (secondary N) is 2. The summed E-state index contributed by atoms with van der Waals surface area (Å²) in [6.45, 7) is 2.15. The Morgan fingerprint density at radius 1 is 1.02 bits per heavy atom. The summed E-state index contributed by atoms with van der Waals surface area (Å²) in [5.74, 6) is 0.134. The van der Waals surface area contributed by atoms with E-state index in [0.29, 0.717) is 73.9 Å². The lowest BCUT2D eigenvalue weighted by molar-refractivity contribution is -0.147. The van der Waals surface area contributed by atoms with Crippen molar-refractivity contribution in [2.24, 2.45) is 5.10 Å².